The third-order valence-corrected chi connectivity index (χ3v) is 5.78. The maximum Gasteiger partial charge on any atom is 0.248 e. The fraction of sp³-hybridized carbons (Fsp3) is 0.733. The molecule has 2 aliphatic rings. The lowest BCUT2D eigenvalue weighted by atomic mass is 10.1. The van der Waals surface area contributed by atoms with Gasteiger partial charge in [-0.15, -0.1) is 0 Å². The second-order valence-corrected chi connectivity index (χ2v) is 8.54. The Morgan fingerprint density at radius 1 is 1.33 bits per heavy atom. The highest BCUT2D eigenvalue weighted by Crippen LogP contribution is 2.19. The molecule has 24 heavy (non-hydrogen) atoms. The minimum absolute atomic E-state index is 0.0125. The van der Waals surface area contributed by atoms with Crippen LogP contribution in [-0.4, -0.2) is 72.2 Å². The SMILES string of the molecule is CS(=O)(=O)N1Cc2cncn2C[C@@H](COCC(=O)N2CCCC2)C1. The number of carbonyl (C=O) groups excluding carboxylic acids is 1. The molecule has 0 aliphatic carbocycles. The lowest BCUT2D eigenvalue weighted by Crippen LogP contribution is -2.36. The molecule has 1 aromatic heterocycles. The van der Waals surface area contributed by atoms with Crippen LogP contribution in [0.5, 0.6) is 0 Å². The molecule has 1 saturated heterocycles. The van der Waals surface area contributed by atoms with Gasteiger partial charge in [-0.1, -0.05) is 0 Å². The van der Waals surface area contributed by atoms with Gasteiger partial charge in [0.25, 0.3) is 0 Å². The van der Waals surface area contributed by atoms with Gasteiger partial charge in [0.1, 0.15) is 6.61 Å². The molecule has 0 N–H and O–H groups in total. The molecule has 0 bridgehead atoms. The molecule has 1 amide bonds. The van der Waals surface area contributed by atoms with Crippen LogP contribution in [0.25, 0.3) is 0 Å². The number of sulfonamides is 1. The van der Waals surface area contributed by atoms with Crippen LogP contribution in [-0.2, 0) is 32.6 Å². The quantitative estimate of drug-likeness (QED) is 0.736. The van der Waals surface area contributed by atoms with Crippen molar-refractivity contribution < 1.29 is 17.9 Å². The van der Waals surface area contributed by atoms with Gasteiger partial charge in [-0.25, -0.2) is 13.4 Å². The normalized spacial score (nSPS) is 22.4. The minimum Gasteiger partial charge on any atom is -0.371 e. The number of likely N-dealkylation sites (tertiary alicyclic amines) is 1. The van der Waals surface area contributed by atoms with Crippen molar-refractivity contribution in [2.24, 2.45) is 5.92 Å². The van der Waals surface area contributed by atoms with Gasteiger partial charge in [-0.05, 0) is 12.8 Å². The van der Waals surface area contributed by atoms with Crippen LogP contribution in [0.4, 0.5) is 0 Å². The summed E-state index contributed by atoms with van der Waals surface area (Å²) in [6.07, 6.45) is 6.73. The number of aromatic nitrogens is 2. The zero-order chi connectivity index (χ0) is 17.2. The van der Waals surface area contributed by atoms with Crippen molar-refractivity contribution in [2.45, 2.75) is 25.9 Å². The Balaban J connectivity index is 1.59. The predicted octanol–water partition coefficient (Wildman–Crippen LogP) is -0.0865. The first-order valence-electron chi connectivity index (χ1n) is 8.23. The molecule has 1 atom stereocenters. The molecule has 0 radical (unpaired) electrons. The third kappa shape index (κ3) is 4.14. The average molecular weight is 356 g/mol. The first-order valence-corrected chi connectivity index (χ1v) is 10.1. The van der Waals surface area contributed by atoms with Crippen LogP contribution >= 0.6 is 0 Å². The van der Waals surface area contributed by atoms with E-state index >= 15 is 0 Å². The first-order chi connectivity index (χ1) is 11.4. The molecular formula is C15H24N4O4S. The van der Waals surface area contributed by atoms with E-state index in [1.165, 1.54) is 10.6 Å². The molecule has 0 aromatic carbocycles. The van der Waals surface area contributed by atoms with Crippen molar-refractivity contribution in [3.63, 3.8) is 0 Å². The molecule has 0 spiro atoms. The van der Waals surface area contributed by atoms with Crippen molar-refractivity contribution in [1.82, 2.24) is 18.8 Å². The lowest BCUT2D eigenvalue weighted by Gasteiger charge is -2.22. The van der Waals surface area contributed by atoms with Gasteiger partial charge >= 0.3 is 0 Å². The molecule has 0 unspecified atom stereocenters. The molecule has 1 fully saturated rings. The number of amides is 1. The van der Waals surface area contributed by atoms with Gasteiger partial charge in [-0.2, -0.15) is 4.31 Å². The smallest absolute Gasteiger partial charge is 0.248 e. The van der Waals surface area contributed by atoms with E-state index in [9.17, 15) is 13.2 Å². The Morgan fingerprint density at radius 3 is 2.79 bits per heavy atom. The summed E-state index contributed by atoms with van der Waals surface area (Å²) < 4.78 is 33.0. The zero-order valence-corrected chi connectivity index (χ0v) is 14.7. The predicted molar refractivity (Wildman–Crippen MR) is 87.6 cm³/mol. The second-order valence-electron chi connectivity index (χ2n) is 6.56. The number of carbonyl (C=O) groups is 1. The largest absolute Gasteiger partial charge is 0.371 e. The Kier molecular flexibility index (Phi) is 5.21. The highest BCUT2D eigenvalue weighted by atomic mass is 32.2. The number of rotatable bonds is 5. The summed E-state index contributed by atoms with van der Waals surface area (Å²) in [4.78, 5) is 17.9. The van der Waals surface area contributed by atoms with Crippen LogP contribution in [0.2, 0.25) is 0 Å². The Morgan fingerprint density at radius 2 is 2.08 bits per heavy atom. The van der Waals surface area contributed by atoms with Gasteiger partial charge in [0, 0.05) is 38.3 Å². The molecule has 8 nitrogen and oxygen atoms in total. The number of imidazole rings is 1. The topological polar surface area (TPSA) is 84.7 Å². The monoisotopic (exact) mass is 356 g/mol. The third-order valence-electron chi connectivity index (χ3n) is 4.56. The first kappa shape index (κ1) is 17.4. The number of fused-ring (bicyclic) bond motifs is 1. The number of nitrogens with zero attached hydrogens (tertiary/aromatic N) is 4. The van der Waals surface area contributed by atoms with Crippen LogP contribution in [0.15, 0.2) is 12.5 Å². The standard InChI is InChI=1S/C15H24N4O4S/c1-24(21,22)19-8-13(7-18-12-16-6-14(18)9-19)10-23-11-15(20)17-4-2-3-5-17/h6,12-13H,2-5,7-11H2,1H3/t13-/m1/s1. The molecule has 1 aromatic rings. The Bertz CT molecular complexity index is 681. The van der Waals surface area contributed by atoms with Gasteiger partial charge in [-0.3, -0.25) is 4.79 Å². The van der Waals surface area contributed by atoms with E-state index in [0.717, 1.165) is 31.6 Å². The maximum absolute atomic E-state index is 12.0. The number of ether oxygens (including phenoxy) is 1. The summed E-state index contributed by atoms with van der Waals surface area (Å²) in [5.41, 5.74) is 0.871. The van der Waals surface area contributed by atoms with Crippen molar-refractivity contribution in [1.29, 1.82) is 0 Å². The fourth-order valence-corrected chi connectivity index (χ4v) is 4.09. The van der Waals surface area contributed by atoms with Crippen LogP contribution < -0.4 is 0 Å². The molecule has 3 heterocycles. The van der Waals surface area contributed by atoms with Crippen molar-refractivity contribution in [3.8, 4) is 0 Å². The average Bonchev–Trinajstić information content (AvgIpc) is 3.15. The molecule has 0 saturated carbocycles. The van der Waals surface area contributed by atoms with Crippen molar-refractivity contribution in [2.75, 3.05) is 39.1 Å². The summed E-state index contributed by atoms with van der Waals surface area (Å²) >= 11 is 0. The maximum atomic E-state index is 12.0. The Hall–Kier alpha value is -1.45. The second kappa shape index (κ2) is 7.20. The van der Waals surface area contributed by atoms with Crippen molar-refractivity contribution in [3.05, 3.63) is 18.2 Å². The van der Waals surface area contributed by atoms with Crippen LogP contribution in [0.1, 0.15) is 18.5 Å². The van der Waals surface area contributed by atoms with Gasteiger partial charge in [0.15, 0.2) is 0 Å². The lowest BCUT2D eigenvalue weighted by molar-refractivity contribution is -0.135. The van der Waals surface area contributed by atoms with E-state index in [4.69, 9.17) is 4.74 Å². The summed E-state index contributed by atoms with van der Waals surface area (Å²) in [7, 11) is -3.30. The number of hydrogen-bond acceptors (Lipinski definition) is 5. The van der Waals surface area contributed by atoms with E-state index in [-0.39, 0.29) is 18.4 Å². The van der Waals surface area contributed by atoms with Gasteiger partial charge in [0.2, 0.25) is 15.9 Å². The van der Waals surface area contributed by atoms with Gasteiger partial charge in [0.05, 0.1) is 31.4 Å². The van der Waals surface area contributed by atoms with E-state index in [1.54, 1.807) is 12.5 Å². The van der Waals surface area contributed by atoms with E-state index in [2.05, 4.69) is 4.98 Å². The Labute approximate surface area is 142 Å². The van der Waals surface area contributed by atoms with E-state index in [0.29, 0.717) is 26.2 Å². The van der Waals surface area contributed by atoms with Crippen molar-refractivity contribution >= 4 is 15.9 Å². The summed E-state index contributed by atoms with van der Waals surface area (Å²) in [5.74, 6) is 0.00552. The molecular weight excluding hydrogens is 332 g/mol. The minimum atomic E-state index is -3.30. The van der Waals surface area contributed by atoms with E-state index < -0.39 is 10.0 Å². The molecule has 9 heteroatoms. The van der Waals surface area contributed by atoms with Crippen LogP contribution in [0, 0.1) is 5.92 Å². The van der Waals surface area contributed by atoms with E-state index in [1.807, 2.05) is 9.47 Å². The van der Waals surface area contributed by atoms with Gasteiger partial charge < -0.3 is 14.2 Å². The fourth-order valence-electron chi connectivity index (χ4n) is 3.24. The van der Waals surface area contributed by atoms with Crippen LogP contribution in [0.3, 0.4) is 0 Å². The number of hydrogen-bond donors (Lipinski definition) is 0. The molecule has 3 rings (SSSR count). The zero-order valence-electron chi connectivity index (χ0n) is 13.9. The highest BCUT2D eigenvalue weighted by Gasteiger charge is 2.28. The summed E-state index contributed by atoms with van der Waals surface area (Å²) in [6.45, 7) is 3.38. The summed E-state index contributed by atoms with van der Waals surface area (Å²) in [6, 6.07) is 0. The summed E-state index contributed by atoms with van der Waals surface area (Å²) in [5, 5.41) is 0. The molecule has 2 aliphatic heterocycles. The highest BCUT2D eigenvalue weighted by molar-refractivity contribution is 7.88. The molecule has 134 valence electrons.